The lowest BCUT2D eigenvalue weighted by Gasteiger charge is -2.18. The van der Waals surface area contributed by atoms with E-state index in [-0.39, 0.29) is 11.8 Å². The number of para-hydroxylation sites is 1. The highest BCUT2D eigenvalue weighted by atomic mass is 16.2. The van der Waals surface area contributed by atoms with E-state index in [4.69, 9.17) is 0 Å². The van der Waals surface area contributed by atoms with Crippen molar-refractivity contribution in [1.82, 2.24) is 19.8 Å². The maximum atomic E-state index is 13.1. The summed E-state index contributed by atoms with van der Waals surface area (Å²) in [7, 11) is 3.92. The molecule has 3 rings (SSSR count). The van der Waals surface area contributed by atoms with E-state index in [1.165, 1.54) is 0 Å². The first kappa shape index (κ1) is 21.0. The Kier molecular flexibility index (Phi) is 6.69. The van der Waals surface area contributed by atoms with Crippen LogP contribution >= 0.6 is 0 Å². The fraction of sp³-hybridized carbons (Fsp3) is 0.500. The number of amides is 2. The Hall–Kier alpha value is -2.67. The van der Waals surface area contributed by atoms with Crippen LogP contribution in [0.15, 0.2) is 18.2 Å². The summed E-state index contributed by atoms with van der Waals surface area (Å²) in [6, 6.07) is 6.01. The third kappa shape index (κ3) is 4.67. The maximum Gasteiger partial charge on any atom is 0.287 e. The quantitative estimate of drug-likeness (QED) is 0.753. The number of benzene rings is 1. The van der Waals surface area contributed by atoms with Crippen molar-refractivity contribution in [3.8, 4) is 0 Å². The van der Waals surface area contributed by atoms with Gasteiger partial charge in [0.1, 0.15) is 0 Å². The first-order valence-corrected chi connectivity index (χ1v) is 10.3. The molecule has 0 fully saturated rings. The minimum absolute atomic E-state index is 0.223. The molecule has 0 bridgehead atoms. The molecule has 2 aromatic rings. The molecule has 1 aromatic heterocycles. The highest BCUT2D eigenvalue weighted by Gasteiger charge is 2.27. The molecule has 2 N–H and O–H groups in total. The summed E-state index contributed by atoms with van der Waals surface area (Å²) in [4.78, 5) is 32.3. The molecule has 1 aromatic carbocycles. The average Bonchev–Trinajstić information content (AvgIpc) is 3.09. The highest BCUT2D eigenvalue weighted by Crippen LogP contribution is 2.25. The van der Waals surface area contributed by atoms with Crippen LogP contribution in [0.2, 0.25) is 0 Å². The molecule has 156 valence electrons. The van der Waals surface area contributed by atoms with Gasteiger partial charge in [0.15, 0.2) is 11.5 Å². The fourth-order valence-electron chi connectivity index (χ4n) is 3.75. The Morgan fingerprint density at radius 2 is 2.00 bits per heavy atom. The van der Waals surface area contributed by atoms with Crippen LogP contribution in [0.5, 0.6) is 0 Å². The zero-order valence-electron chi connectivity index (χ0n) is 17.8. The smallest absolute Gasteiger partial charge is 0.287 e. The van der Waals surface area contributed by atoms with E-state index in [9.17, 15) is 9.59 Å². The number of anilines is 1. The molecule has 2 heterocycles. The molecule has 0 saturated heterocycles. The molecule has 0 spiro atoms. The number of carbonyl (C=O) groups is 2. The first-order chi connectivity index (χ1) is 13.9. The molecular weight excluding hydrogens is 366 g/mol. The zero-order valence-corrected chi connectivity index (χ0v) is 17.8. The topological polar surface area (TPSA) is 79.3 Å². The number of likely N-dealkylation sites (N-methyl/N-ethyl adjacent to an activating group) is 1. The second-order valence-corrected chi connectivity index (χ2v) is 7.82. The molecular formula is C22H31N5O2. The highest BCUT2D eigenvalue weighted by molar-refractivity contribution is 6.05. The summed E-state index contributed by atoms with van der Waals surface area (Å²) < 4.78 is 1.92. The van der Waals surface area contributed by atoms with Crippen molar-refractivity contribution in [3.63, 3.8) is 0 Å². The van der Waals surface area contributed by atoms with Gasteiger partial charge in [-0.3, -0.25) is 9.59 Å². The van der Waals surface area contributed by atoms with Gasteiger partial charge in [-0.15, -0.1) is 0 Å². The number of aryl methyl sites for hydroxylation is 2. The largest absolute Gasteiger partial charge is 0.348 e. The third-order valence-electron chi connectivity index (χ3n) is 5.36. The van der Waals surface area contributed by atoms with Crippen molar-refractivity contribution in [3.05, 3.63) is 46.5 Å². The van der Waals surface area contributed by atoms with Crippen LogP contribution in [0.25, 0.3) is 0 Å². The van der Waals surface area contributed by atoms with E-state index in [0.29, 0.717) is 18.1 Å². The van der Waals surface area contributed by atoms with Gasteiger partial charge in [0.25, 0.3) is 11.8 Å². The lowest BCUT2D eigenvalue weighted by atomic mass is 10.0. The van der Waals surface area contributed by atoms with Gasteiger partial charge in [0.2, 0.25) is 0 Å². The minimum Gasteiger partial charge on any atom is -0.348 e. The number of fused-ring (bicyclic) bond motifs is 1. The van der Waals surface area contributed by atoms with E-state index >= 15 is 0 Å². The number of carbonyl (C=O) groups excluding carboxylic acids is 2. The molecule has 1 aliphatic heterocycles. The molecule has 0 unspecified atom stereocenters. The lowest BCUT2D eigenvalue weighted by Crippen LogP contribution is -2.33. The van der Waals surface area contributed by atoms with Gasteiger partial charge in [0, 0.05) is 25.3 Å². The van der Waals surface area contributed by atoms with Gasteiger partial charge < -0.3 is 20.1 Å². The Bertz CT molecular complexity index is 901. The monoisotopic (exact) mass is 397 g/mol. The molecule has 7 nitrogen and oxygen atoms in total. The number of nitrogens with zero attached hydrogens (tertiary/aromatic N) is 3. The molecule has 29 heavy (non-hydrogen) atoms. The van der Waals surface area contributed by atoms with E-state index in [2.05, 4.69) is 22.5 Å². The van der Waals surface area contributed by atoms with Gasteiger partial charge in [-0.25, -0.2) is 4.98 Å². The predicted molar refractivity (Wildman–Crippen MR) is 115 cm³/mol. The zero-order chi connectivity index (χ0) is 21.0. The Balaban J connectivity index is 1.87. The van der Waals surface area contributed by atoms with Crippen molar-refractivity contribution in [2.75, 3.05) is 32.5 Å². The first-order valence-electron chi connectivity index (χ1n) is 10.3. The van der Waals surface area contributed by atoms with Gasteiger partial charge >= 0.3 is 0 Å². The number of nitrogens with one attached hydrogen (secondary N) is 2. The Morgan fingerprint density at radius 3 is 2.72 bits per heavy atom. The third-order valence-corrected chi connectivity index (χ3v) is 5.36. The number of hydrogen-bond donors (Lipinski definition) is 2. The number of aromatic nitrogens is 2. The summed E-state index contributed by atoms with van der Waals surface area (Å²) in [6.45, 7) is 6.06. The summed E-state index contributed by atoms with van der Waals surface area (Å²) >= 11 is 0. The maximum absolute atomic E-state index is 13.1. The predicted octanol–water partition coefficient (Wildman–Crippen LogP) is 2.63. The van der Waals surface area contributed by atoms with E-state index in [1.54, 1.807) is 0 Å². The normalized spacial score (nSPS) is 13.3. The van der Waals surface area contributed by atoms with Crippen LogP contribution in [0.4, 0.5) is 5.69 Å². The molecule has 0 radical (unpaired) electrons. The van der Waals surface area contributed by atoms with Crippen LogP contribution in [0.1, 0.15) is 57.7 Å². The molecule has 0 atom stereocenters. The van der Waals surface area contributed by atoms with E-state index in [1.807, 2.05) is 48.7 Å². The number of imidazole rings is 1. The lowest BCUT2D eigenvalue weighted by molar-refractivity contribution is 0.0935. The molecule has 0 saturated carbocycles. The molecule has 7 heteroatoms. The van der Waals surface area contributed by atoms with Crippen molar-refractivity contribution in [2.45, 2.75) is 46.1 Å². The standard InChI is InChI=1S/C22H31N5O2/c1-5-16-10-8-9-15(2)18(16)25-21(28)19-17-11-6-7-13-27(17)20(24-19)22(29)23-12-14-26(3)4/h8-10H,5-7,11-14H2,1-4H3,(H,23,29)(H,25,28). The summed E-state index contributed by atoms with van der Waals surface area (Å²) in [5, 5.41) is 5.97. The van der Waals surface area contributed by atoms with Crippen molar-refractivity contribution >= 4 is 17.5 Å². The van der Waals surface area contributed by atoms with Crippen molar-refractivity contribution in [2.24, 2.45) is 0 Å². The van der Waals surface area contributed by atoms with Crippen LogP contribution in [-0.2, 0) is 19.4 Å². The van der Waals surface area contributed by atoms with Crippen LogP contribution in [-0.4, -0.2) is 53.5 Å². The molecule has 0 aliphatic carbocycles. The van der Waals surface area contributed by atoms with Crippen LogP contribution in [0, 0.1) is 6.92 Å². The molecule has 1 aliphatic rings. The van der Waals surface area contributed by atoms with Crippen molar-refractivity contribution in [1.29, 1.82) is 0 Å². The second kappa shape index (κ2) is 9.22. The Labute approximate surface area is 172 Å². The van der Waals surface area contributed by atoms with E-state index in [0.717, 1.165) is 61.3 Å². The number of hydrogen-bond acceptors (Lipinski definition) is 4. The number of rotatable bonds is 7. The Morgan fingerprint density at radius 1 is 1.21 bits per heavy atom. The van der Waals surface area contributed by atoms with Gasteiger partial charge in [0.05, 0.1) is 5.69 Å². The minimum atomic E-state index is -0.244. The van der Waals surface area contributed by atoms with Crippen molar-refractivity contribution < 1.29 is 9.59 Å². The van der Waals surface area contributed by atoms with Crippen LogP contribution < -0.4 is 10.6 Å². The molecule has 2 amide bonds. The summed E-state index contributed by atoms with van der Waals surface area (Å²) in [5.41, 5.74) is 4.18. The van der Waals surface area contributed by atoms with Gasteiger partial charge in [-0.2, -0.15) is 0 Å². The average molecular weight is 398 g/mol. The SMILES string of the molecule is CCc1cccc(C)c1NC(=O)c1nc(C(=O)NCCN(C)C)n2c1CCCC2. The summed E-state index contributed by atoms with van der Waals surface area (Å²) in [5.74, 6) is -0.129. The van der Waals surface area contributed by atoms with Gasteiger partial charge in [-0.1, -0.05) is 25.1 Å². The summed E-state index contributed by atoms with van der Waals surface area (Å²) in [6.07, 6.45) is 3.58. The van der Waals surface area contributed by atoms with Gasteiger partial charge in [-0.05, 0) is 57.8 Å². The fourth-order valence-corrected chi connectivity index (χ4v) is 3.75. The second-order valence-electron chi connectivity index (χ2n) is 7.82. The van der Waals surface area contributed by atoms with E-state index < -0.39 is 0 Å². The van der Waals surface area contributed by atoms with Crippen LogP contribution in [0.3, 0.4) is 0 Å².